The van der Waals surface area contributed by atoms with Crippen LogP contribution < -0.4 is 4.90 Å². The Labute approximate surface area is 105 Å². The summed E-state index contributed by atoms with van der Waals surface area (Å²) in [5.41, 5.74) is 0.919. The quantitative estimate of drug-likeness (QED) is 0.725. The van der Waals surface area contributed by atoms with Gasteiger partial charge in [0.15, 0.2) is 0 Å². The molecule has 2 aromatic rings. The molecule has 1 aliphatic rings. The average molecular weight is 248 g/mol. The summed E-state index contributed by atoms with van der Waals surface area (Å²) in [4.78, 5) is 11.0. The average Bonchev–Trinajstić information content (AvgIpc) is 2.74. The van der Waals surface area contributed by atoms with Gasteiger partial charge < -0.3 is 4.90 Å². The number of nitrogens with zero attached hydrogens (tertiary/aromatic N) is 3. The number of para-hydroxylation sites is 1. The molecule has 3 nitrogen and oxygen atoms in total. The summed E-state index contributed by atoms with van der Waals surface area (Å²) in [7, 11) is 0. The number of benzene rings is 1. The zero-order valence-corrected chi connectivity index (χ0v) is 10.5. The minimum Gasteiger partial charge on any atom is -0.356 e. The van der Waals surface area contributed by atoms with Crippen molar-refractivity contribution in [3.05, 3.63) is 29.5 Å². The van der Waals surface area contributed by atoms with Gasteiger partial charge in [-0.15, -0.1) is 0 Å². The highest BCUT2D eigenvalue weighted by Crippen LogP contribution is 2.29. The van der Waals surface area contributed by atoms with E-state index in [4.69, 9.17) is 11.6 Å². The summed E-state index contributed by atoms with van der Waals surface area (Å²) in [5, 5.41) is 1.42. The van der Waals surface area contributed by atoms with E-state index < -0.39 is 0 Å². The Bertz CT molecular complexity index is 555. The zero-order valence-electron chi connectivity index (χ0n) is 9.73. The van der Waals surface area contributed by atoms with Crippen molar-refractivity contribution < 1.29 is 0 Å². The summed E-state index contributed by atoms with van der Waals surface area (Å²) in [5.74, 6) is 1.70. The number of halogens is 1. The smallest absolute Gasteiger partial charge is 0.224 e. The van der Waals surface area contributed by atoms with Crippen molar-refractivity contribution in [3.63, 3.8) is 0 Å². The van der Waals surface area contributed by atoms with E-state index in [0.29, 0.717) is 5.28 Å². The van der Waals surface area contributed by atoms with Gasteiger partial charge in [-0.3, -0.25) is 0 Å². The topological polar surface area (TPSA) is 29.0 Å². The van der Waals surface area contributed by atoms with E-state index in [9.17, 15) is 0 Å². The van der Waals surface area contributed by atoms with Gasteiger partial charge in [-0.05, 0) is 36.1 Å². The molecular weight excluding hydrogens is 234 g/mol. The largest absolute Gasteiger partial charge is 0.356 e. The van der Waals surface area contributed by atoms with E-state index >= 15 is 0 Å². The molecule has 3 rings (SSSR count). The molecule has 1 aromatic heterocycles. The van der Waals surface area contributed by atoms with Crippen LogP contribution in [0.15, 0.2) is 24.3 Å². The molecule has 1 fully saturated rings. The van der Waals surface area contributed by atoms with E-state index in [1.54, 1.807) is 0 Å². The monoisotopic (exact) mass is 247 g/mol. The molecule has 1 aliphatic heterocycles. The molecule has 1 unspecified atom stereocenters. The van der Waals surface area contributed by atoms with E-state index in [1.165, 1.54) is 6.42 Å². The van der Waals surface area contributed by atoms with Crippen molar-refractivity contribution in [2.75, 3.05) is 18.0 Å². The van der Waals surface area contributed by atoms with Crippen LogP contribution in [0.1, 0.15) is 13.3 Å². The standard InChI is InChI=1S/C13H14ClN3/c1-9-6-7-17(8-9)12-10-4-2-3-5-11(10)15-13(14)16-12/h2-5,9H,6-8H2,1H3. The van der Waals surface area contributed by atoms with Crippen molar-refractivity contribution in [1.29, 1.82) is 0 Å². The van der Waals surface area contributed by atoms with Crippen LogP contribution in [0.3, 0.4) is 0 Å². The van der Waals surface area contributed by atoms with E-state index in [2.05, 4.69) is 27.9 Å². The third-order valence-electron chi connectivity index (χ3n) is 3.28. The molecule has 0 spiro atoms. The molecular formula is C13H14ClN3. The van der Waals surface area contributed by atoms with Crippen molar-refractivity contribution in [3.8, 4) is 0 Å². The van der Waals surface area contributed by atoms with Crippen LogP contribution >= 0.6 is 11.6 Å². The number of hydrogen-bond donors (Lipinski definition) is 0. The Kier molecular flexibility index (Phi) is 2.63. The van der Waals surface area contributed by atoms with Crippen LogP contribution in [0.4, 0.5) is 5.82 Å². The first-order valence-electron chi connectivity index (χ1n) is 5.91. The molecule has 1 atom stereocenters. The van der Waals surface area contributed by atoms with Gasteiger partial charge in [-0.25, -0.2) is 4.98 Å². The van der Waals surface area contributed by atoms with Gasteiger partial charge in [-0.2, -0.15) is 4.98 Å². The number of fused-ring (bicyclic) bond motifs is 1. The molecule has 0 saturated carbocycles. The highest BCUT2D eigenvalue weighted by molar-refractivity contribution is 6.28. The zero-order chi connectivity index (χ0) is 11.8. The minimum atomic E-state index is 0.332. The van der Waals surface area contributed by atoms with E-state index in [-0.39, 0.29) is 0 Å². The maximum atomic E-state index is 5.99. The lowest BCUT2D eigenvalue weighted by molar-refractivity contribution is 0.659. The molecule has 1 aromatic carbocycles. The molecule has 4 heteroatoms. The molecule has 88 valence electrons. The Balaban J connectivity index is 2.14. The van der Waals surface area contributed by atoms with Crippen molar-refractivity contribution in [2.45, 2.75) is 13.3 Å². The van der Waals surface area contributed by atoms with Crippen LogP contribution in [0.5, 0.6) is 0 Å². The second-order valence-corrected chi connectivity index (χ2v) is 5.01. The Hall–Kier alpha value is -1.35. The van der Waals surface area contributed by atoms with Gasteiger partial charge in [0.25, 0.3) is 0 Å². The molecule has 0 N–H and O–H groups in total. The van der Waals surface area contributed by atoms with Gasteiger partial charge in [0, 0.05) is 18.5 Å². The fourth-order valence-corrected chi connectivity index (χ4v) is 2.57. The molecule has 0 bridgehead atoms. The first kappa shape index (κ1) is 10.8. The second kappa shape index (κ2) is 4.15. The lowest BCUT2D eigenvalue weighted by Crippen LogP contribution is -2.20. The fraction of sp³-hybridized carbons (Fsp3) is 0.385. The first-order chi connectivity index (χ1) is 8.24. The van der Waals surface area contributed by atoms with Gasteiger partial charge in [0.2, 0.25) is 5.28 Å². The molecule has 1 saturated heterocycles. The third-order valence-corrected chi connectivity index (χ3v) is 3.45. The summed E-state index contributed by atoms with van der Waals surface area (Å²) >= 11 is 5.99. The van der Waals surface area contributed by atoms with Gasteiger partial charge in [0.05, 0.1) is 5.52 Å². The summed E-state index contributed by atoms with van der Waals surface area (Å²) < 4.78 is 0. The fourth-order valence-electron chi connectivity index (χ4n) is 2.40. The van der Waals surface area contributed by atoms with Crippen molar-refractivity contribution >= 4 is 28.3 Å². The van der Waals surface area contributed by atoms with Crippen LogP contribution in [0, 0.1) is 5.92 Å². The first-order valence-corrected chi connectivity index (χ1v) is 6.29. The highest BCUT2D eigenvalue weighted by Gasteiger charge is 2.22. The van der Waals surface area contributed by atoms with Crippen LogP contribution in [-0.4, -0.2) is 23.1 Å². The number of anilines is 1. The Morgan fingerprint density at radius 3 is 2.88 bits per heavy atom. The second-order valence-electron chi connectivity index (χ2n) is 4.67. The lowest BCUT2D eigenvalue weighted by atomic mass is 10.2. The number of aromatic nitrogens is 2. The normalized spacial score (nSPS) is 20.1. The van der Waals surface area contributed by atoms with Crippen molar-refractivity contribution in [2.24, 2.45) is 5.92 Å². The minimum absolute atomic E-state index is 0.332. The number of hydrogen-bond acceptors (Lipinski definition) is 3. The van der Waals surface area contributed by atoms with Crippen LogP contribution in [-0.2, 0) is 0 Å². The van der Waals surface area contributed by atoms with E-state index in [1.807, 2.05) is 18.2 Å². The highest BCUT2D eigenvalue weighted by atomic mass is 35.5. The van der Waals surface area contributed by atoms with Crippen molar-refractivity contribution in [1.82, 2.24) is 9.97 Å². The van der Waals surface area contributed by atoms with E-state index in [0.717, 1.165) is 35.7 Å². The summed E-state index contributed by atoms with van der Waals surface area (Å²) in [6.45, 7) is 4.38. The molecule has 0 radical (unpaired) electrons. The molecule has 17 heavy (non-hydrogen) atoms. The Morgan fingerprint density at radius 1 is 1.29 bits per heavy atom. The van der Waals surface area contributed by atoms with Gasteiger partial charge in [-0.1, -0.05) is 19.1 Å². The van der Waals surface area contributed by atoms with Gasteiger partial charge >= 0.3 is 0 Å². The third kappa shape index (κ3) is 1.95. The molecule has 0 aliphatic carbocycles. The van der Waals surface area contributed by atoms with Gasteiger partial charge in [0.1, 0.15) is 5.82 Å². The van der Waals surface area contributed by atoms with Crippen LogP contribution in [0.25, 0.3) is 10.9 Å². The van der Waals surface area contributed by atoms with Crippen LogP contribution in [0.2, 0.25) is 5.28 Å². The summed E-state index contributed by atoms with van der Waals surface area (Å²) in [6.07, 6.45) is 1.22. The predicted molar refractivity (Wildman–Crippen MR) is 70.5 cm³/mol. The maximum absolute atomic E-state index is 5.99. The number of rotatable bonds is 1. The lowest BCUT2D eigenvalue weighted by Gasteiger charge is -2.18. The summed E-state index contributed by atoms with van der Waals surface area (Å²) in [6, 6.07) is 8.03. The Morgan fingerprint density at radius 2 is 2.12 bits per heavy atom. The SMILES string of the molecule is CC1CCN(c2nc(Cl)nc3ccccc23)C1. The molecule has 2 heterocycles. The maximum Gasteiger partial charge on any atom is 0.224 e. The predicted octanol–water partition coefficient (Wildman–Crippen LogP) is 3.13. The molecule has 0 amide bonds.